The van der Waals surface area contributed by atoms with Crippen LogP contribution in [0.2, 0.25) is 0 Å². The van der Waals surface area contributed by atoms with Gasteiger partial charge >= 0.3 is 0 Å². The van der Waals surface area contributed by atoms with Crippen molar-refractivity contribution in [3.8, 4) is 0 Å². The zero-order chi connectivity index (χ0) is 8.55. The molecule has 71 valence electrons. The third-order valence-corrected chi connectivity index (χ3v) is 1.46. The molecule has 1 radical (unpaired) electrons. The quantitative estimate of drug-likeness (QED) is 0.713. The summed E-state index contributed by atoms with van der Waals surface area (Å²) < 4.78 is 0. The first-order valence-corrected chi connectivity index (χ1v) is 3.36. The summed E-state index contributed by atoms with van der Waals surface area (Å²) >= 11 is 0. The molecular weight excluding hydrogens is 429 g/mol. The zero-order valence-corrected chi connectivity index (χ0v) is 13.1. The molecule has 6 nitrogen and oxygen atoms in total. The number of hydrogen-bond donors (Lipinski definition) is 1. The van der Waals surface area contributed by atoms with Crippen molar-refractivity contribution in [2.75, 3.05) is 12.4 Å². The predicted octanol–water partition coefficient (Wildman–Crippen LogP) is 0.702. The molecule has 2 rings (SSSR count). The standard InChI is InChI=1S/C6H6N6.W.Y/c1-8-6-11-4(7)3-5(12-6)10-2-9-3;;/h2H,1H3,(H2-2,7,8,9,10,11,12);;/q-2;;. The van der Waals surface area contributed by atoms with Crippen LogP contribution in [0.4, 0.5) is 11.8 Å². The minimum Gasteiger partial charge on any atom is -0.481 e. The normalized spacial score (nSPS) is 8.93. The Labute approximate surface area is 120 Å². The van der Waals surface area contributed by atoms with Crippen molar-refractivity contribution in [1.29, 1.82) is 0 Å². The maximum Gasteiger partial charge on any atom is 0.0412 e. The van der Waals surface area contributed by atoms with Gasteiger partial charge in [-0.1, -0.05) is 5.82 Å². The molecule has 0 bridgehead atoms. The van der Waals surface area contributed by atoms with Gasteiger partial charge in [0.25, 0.3) is 0 Å². The fraction of sp³-hybridized carbons (Fsp3) is 0.167. The van der Waals surface area contributed by atoms with Gasteiger partial charge in [-0.05, 0) is 6.33 Å². The van der Waals surface area contributed by atoms with Crippen LogP contribution >= 0.6 is 0 Å². The van der Waals surface area contributed by atoms with Crippen molar-refractivity contribution < 1.29 is 53.8 Å². The Morgan fingerprint density at radius 1 is 1.43 bits per heavy atom. The molecule has 0 saturated carbocycles. The number of nitrogens with one attached hydrogen (secondary N) is 2. The second kappa shape index (κ2) is 5.73. The molecule has 2 aromatic rings. The molecule has 14 heavy (non-hydrogen) atoms. The van der Waals surface area contributed by atoms with E-state index in [1.807, 2.05) is 0 Å². The van der Waals surface area contributed by atoms with E-state index in [-0.39, 0.29) is 59.6 Å². The van der Waals surface area contributed by atoms with Gasteiger partial charge in [-0.15, -0.1) is 0 Å². The van der Waals surface area contributed by atoms with Gasteiger partial charge in [0.15, 0.2) is 0 Å². The van der Waals surface area contributed by atoms with Gasteiger partial charge in [0, 0.05) is 77.9 Å². The number of hydrogen-bond acceptors (Lipinski definition) is 4. The fourth-order valence-corrected chi connectivity index (χ4v) is 0.905. The molecule has 0 aliphatic rings. The van der Waals surface area contributed by atoms with E-state index >= 15 is 0 Å². The molecule has 0 aromatic carbocycles. The zero-order valence-electron chi connectivity index (χ0n) is 7.35. The molecule has 0 saturated heterocycles. The average molecular weight is 435 g/mol. The van der Waals surface area contributed by atoms with Crippen LogP contribution in [0.5, 0.6) is 0 Å². The summed E-state index contributed by atoms with van der Waals surface area (Å²) in [7, 11) is 1.69. The molecule has 0 amide bonds. The van der Waals surface area contributed by atoms with Crippen molar-refractivity contribution >= 4 is 22.9 Å². The Balaban J connectivity index is 0.000000845. The fourth-order valence-electron chi connectivity index (χ4n) is 0.905. The second-order valence-electron chi connectivity index (χ2n) is 2.19. The Morgan fingerprint density at radius 2 is 2.14 bits per heavy atom. The van der Waals surface area contributed by atoms with Gasteiger partial charge in [0.2, 0.25) is 0 Å². The molecule has 0 aliphatic carbocycles. The SMILES string of the molecule is CNc1nc([NH-])c2nc[n-]c2n1.[W].[Y]. The summed E-state index contributed by atoms with van der Waals surface area (Å²) in [6.45, 7) is 0. The first kappa shape index (κ1) is 13.9. The number of fused-ring (bicyclic) bond motifs is 1. The minimum absolute atomic E-state index is 0. The Hall–Kier alpha value is -0.0578. The van der Waals surface area contributed by atoms with E-state index in [9.17, 15) is 0 Å². The van der Waals surface area contributed by atoms with E-state index in [1.165, 1.54) is 6.33 Å². The van der Waals surface area contributed by atoms with Crippen LogP contribution in [0.15, 0.2) is 6.33 Å². The van der Waals surface area contributed by atoms with Gasteiger partial charge in [-0.25, -0.2) is 0 Å². The van der Waals surface area contributed by atoms with Crippen molar-refractivity contribution in [2.24, 2.45) is 0 Å². The van der Waals surface area contributed by atoms with Crippen LogP contribution in [0, 0.1) is 0 Å². The van der Waals surface area contributed by atoms with Gasteiger partial charge in [0.1, 0.15) is 0 Å². The largest absolute Gasteiger partial charge is 0.481 e. The summed E-state index contributed by atoms with van der Waals surface area (Å²) in [6, 6.07) is 0. The Morgan fingerprint density at radius 3 is 2.79 bits per heavy atom. The molecule has 0 unspecified atom stereocenters. The van der Waals surface area contributed by atoms with E-state index in [2.05, 4.69) is 25.3 Å². The smallest absolute Gasteiger partial charge is 0.0412 e. The van der Waals surface area contributed by atoms with Gasteiger partial charge in [-0.2, -0.15) is 0 Å². The van der Waals surface area contributed by atoms with E-state index < -0.39 is 0 Å². The average Bonchev–Trinajstić information content (AvgIpc) is 2.52. The van der Waals surface area contributed by atoms with E-state index in [1.54, 1.807) is 7.05 Å². The number of aromatic nitrogens is 4. The van der Waals surface area contributed by atoms with Crippen LogP contribution < -0.4 is 10.3 Å². The summed E-state index contributed by atoms with van der Waals surface area (Å²) in [4.78, 5) is 15.5. The number of rotatable bonds is 1. The van der Waals surface area contributed by atoms with Gasteiger partial charge in [0.05, 0.1) is 0 Å². The topological polar surface area (TPSA) is 88.6 Å². The van der Waals surface area contributed by atoms with E-state index in [0.717, 1.165) is 0 Å². The van der Waals surface area contributed by atoms with Crippen molar-refractivity contribution in [2.45, 2.75) is 0 Å². The molecule has 2 N–H and O–H groups in total. The number of anilines is 1. The summed E-state index contributed by atoms with van der Waals surface area (Å²) in [6.07, 6.45) is 1.37. The van der Waals surface area contributed by atoms with Crippen molar-refractivity contribution in [3.63, 3.8) is 0 Å². The molecule has 0 fully saturated rings. The summed E-state index contributed by atoms with van der Waals surface area (Å²) in [5.74, 6) is 0.495. The van der Waals surface area contributed by atoms with Crippen LogP contribution in [0.25, 0.3) is 16.9 Å². The van der Waals surface area contributed by atoms with Crippen LogP contribution in [-0.4, -0.2) is 22.0 Å². The molecule has 0 atom stereocenters. The van der Waals surface area contributed by atoms with E-state index in [4.69, 9.17) is 5.73 Å². The molecule has 0 aliphatic heterocycles. The number of imidazole rings is 1. The molecular formula is C6H6N6WY-2. The van der Waals surface area contributed by atoms with Crippen molar-refractivity contribution in [1.82, 2.24) is 19.9 Å². The summed E-state index contributed by atoms with van der Waals surface area (Å²) in [5.41, 5.74) is 8.33. The summed E-state index contributed by atoms with van der Waals surface area (Å²) in [5, 5.41) is 2.74. The minimum atomic E-state index is 0. The van der Waals surface area contributed by atoms with Crippen LogP contribution in [-0.2, 0) is 53.8 Å². The molecule has 8 heteroatoms. The number of nitrogens with zero attached hydrogens (tertiary/aromatic N) is 4. The Kier molecular flexibility index (Phi) is 5.71. The maximum atomic E-state index is 7.43. The third-order valence-electron chi connectivity index (χ3n) is 1.46. The first-order valence-electron chi connectivity index (χ1n) is 3.36. The molecule has 2 aromatic heterocycles. The van der Waals surface area contributed by atoms with Gasteiger partial charge < -0.3 is 31.0 Å². The van der Waals surface area contributed by atoms with E-state index in [0.29, 0.717) is 17.1 Å². The molecule has 0 spiro atoms. The van der Waals surface area contributed by atoms with Crippen LogP contribution in [0.1, 0.15) is 0 Å². The van der Waals surface area contributed by atoms with Crippen molar-refractivity contribution in [3.05, 3.63) is 12.1 Å². The third kappa shape index (κ3) is 2.49. The monoisotopic (exact) mass is 435 g/mol. The Bertz CT molecular complexity index is 416. The first-order chi connectivity index (χ1) is 5.81. The van der Waals surface area contributed by atoms with Crippen LogP contribution in [0.3, 0.4) is 0 Å². The second-order valence-corrected chi connectivity index (χ2v) is 2.19. The molecule has 2 heterocycles. The predicted molar refractivity (Wildman–Crippen MR) is 44.2 cm³/mol. The maximum absolute atomic E-state index is 7.43. The van der Waals surface area contributed by atoms with Gasteiger partial charge in [-0.3, -0.25) is 0 Å².